The van der Waals surface area contributed by atoms with Gasteiger partial charge in [-0.1, -0.05) is 19.8 Å². The Labute approximate surface area is 88.4 Å². The molecule has 0 N–H and O–H groups in total. The summed E-state index contributed by atoms with van der Waals surface area (Å²) < 4.78 is 0. The Morgan fingerprint density at radius 3 is 2.71 bits per heavy atom. The van der Waals surface area contributed by atoms with E-state index in [4.69, 9.17) is 0 Å². The van der Waals surface area contributed by atoms with Crippen molar-refractivity contribution in [3.8, 4) is 0 Å². The van der Waals surface area contributed by atoms with Crippen molar-refractivity contribution in [2.75, 3.05) is 0 Å². The van der Waals surface area contributed by atoms with Gasteiger partial charge in [0.1, 0.15) is 0 Å². The van der Waals surface area contributed by atoms with Crippen LogP contribution in [-0.2, 0) is 0 Å². The maximum atomic E-state index is 11.9. The predicted octanol–water partition coefficient (Wildman–Crippen LogP) is 3.15. The van der Waals surface area contributed by atoms with Crippen LogP contribution in [0.15, 0.2) is 11.7 Å². The van der Waals surface area contributed by atoms with Crippen molar-refractivity contribution in [3.05, 3.63) is 16.6 Å². The van der Waals surface area contributed by atoms with Crippen LogP contribution in [0.5, 0.6) is 0 Å². The lowest BCUT2D eigenvalue weighted by atomic mass is 9.81. The van der Waals surface area contributed by atoms with Crippen LogP contribution >= 0.6 is 11.3 Å². The highest BCUT2D eigenvalue weighted by Gasteiger charge is 2.25. The summed E-state index contributed by atoms with van der Waals surface area (Å²) in [5.41, 5.74) is 1.73. The molecule has 0 unspecified atom stereocenters. The molecule has 0 saturated heterocycles. The molecule has 0 amide bonds. The first-order valence-electron chi connectivity index (χ1n) is 5.20. The molecule has 0 bridgehead atoms. The summed E-state index contributed by atoms with van der Waals surface area (Å²) in [5, 5.41) is 0. The lowest BCUT2D eigenvalue weighted by molar-refractivity contribution is 0.0880. The summed E-state index contributed by atoms with van der Waals surface area (Å²) in [6.07, 6.45) is 6.24. The molecule has 1 fully saturated rings. The number of rotatable bonds is 2. The van der Waals surface area contributed by atoms with Gasteiger partial charge in [-0.05, 0) is 18.8 Å². The van der Waals surface area contributed by atoms with E-state index in [9.17, 15) is 4.79 Å². The van der Waals surface area contributed by atoms with Gasteiger partial charge in [0.05, 0.1) is 10.4 Å². The van der Waals surface area contributed by atoms with Crippen LogP contribution < -0.4 is 0 Å². The van der Waals surface area contributed by atoms with Crippen molar-refractivity contribution in [2.24, 2.45) is 11.8 Å². The van der Waals surface area contributed by atoms with Gasteiger partial charge < -0.3 is 0 Å². The highest BCUT2D eigenvalue weighted by Crippen LogP contribution is 2.31. The average molecular weight is 209 g/mol. The molecule has 0 radical (unpaired) electrons. The molecule has 0 aromatic carbocycles. The minimum atomic E-state index is 0.270. The predicted molar refractivity (Wildman–Crippen MR) is 57.6 cm³/mol. The highest BCUT2D eigenvalue weighted by molar-refractivity contribution is 7.11. The molecule has 76 valence electrons. The maximum absolute atomic E-state index is 11.9. The third kappa shape index (κ3) is 2.03. The number of Topliss-reactive ketones (excluding diaryl/α,β-unsaturated/α-hetero) is 1. The van der Waals surface area contributed by atoms with Gasteiger partial charge in [0.2, 0.25) is 0 Å². The molecule has 1 saturated carbocycles. The second-order valence-corrected chi connectivity index (χ2v) is 5.07. The van der Waals surface area contributed by atoms with Crippen LogP contribution in [-0.4, -0.2) is 10.8 Å². The van der Waals surface area contributed by atoms with Crippen LogP contribution in [0, 0.1) is 11.8 Å². The molecule has 1 aliphatic rings. The van der Waals surface area contributed by atoms with Crippen LogP contribution in [0.3, 0.4) is 0 Å². The first kappa shape index (κ1) is 9.84. The van der Waals surface area contributed by atoms with Crippen LogP contribution in [0.25, 0.3) is 0 Å². The number of hydrogen-bond acceptors (Lipinski definition) is 3. The first-order valence-corrected chi connectivity index (χ1v) is 6.08. The quantitative estimate of drug-likeness (QED) is 0.700. The van der Waals surface area contributed by atoms with Gasteiger partial charge in [-0.15, -0.1) is 11.3 Å². The fourth-order valence-electron chi connectivity index (χ4n) is 2.06. The summed E-state index contributed by atoms with van der Waals surface area (Å²) in [5.74, 6) is 1.39. The summed E-state index contributed by atoms with van der Waals surface area (Å²) in [7, 11) is 0. The molecule has 3 heteroatoms. The van der Waals surface area contributed by atoms with Gasteiger partial charge in [-0.3, -0.25) is 9.78 Å². The van der Waals surface area contributed by atoms with Gasteiger partial charge >= 0.3 is 0 Å². The summed E-state index contributed by atoms with van der Waals surface area (Å²) in [4.78, 5) is 16.7. The number of aromatic nitrogens is 1. The van der Waals surface area contributed by atoms with Gasteiger partial charge in [-0.25, -0.2) is 0 Å². The van der Waals surface area contributed by atoms with E-state index in [2.05, 4.69) is 11.9 Å². The van der Waals surface area contributed by atoms with E-state index >= 15 is 0 Å². The fourth-order valence-corrected chi connectivity index (χ4v) is 2.70. The summed E-state index contributed by atoms with van der Waals surface area (Å²) in [6.45, 7) is 2.27. The summed E-state index contributed by atoms with van der Waals surface area (Å²) in [6, 6.07) is 0. The van der Waals surface area contributed by atoms with E-state index in [-0.39, 0.29) is 5.92 Å². The number of ketones is 1. The minimum absolute atomic E-state index is 0.270. The second kappa shape index (κ2) is 4.22. The van der Waals surface area contributed by atoms with Crippen molar-refractivity contribution >= 4 is 17.1 Å². The van der Waals surface area contributed by atoms with E-state index in [1.165, 1.54) is 24.2 Å². The van der Waals surface area contributed by atoms with Crippen LogP contribution in [0.1, 0.15) is 42.3 Å². The van der Waals surface area contributed by atoms with Crippen molar-refractivity contribution in [1.82, 2.24) is 4.98 Å². The second-order valence-electron chi connectivity index (χ2n) is 4.19. The number of carbonyl (C=O) groups excluding carboxylic acids is 1. The lowest BCUT2D eigenvalue weighted by Crippen LogP contribution is -2.20. The van der Waals surface area contributed by atoms with Gasteiger partial charge in [0.25, 0.3) is 0 Å². The Morgan fingerprint density at radius 2 is 2.14 bits per heavy atom. The van der Waals surface area contributed by atoms with E-state index in [1.54, 1.807) is 11.7 Å². The van der Waals surface area contributed by atoms with Gasteiger partial charge in [-0.2, -0.15) is 0 Å². The standard InChI is InChI=1S/C11H15NOS/c1-8-2-4-9(5-3-8)11(13)10-6-12-7-14-10/h6-9H,2-5H2,1H3. The monoisotopic (exact) mass is 209 g/mol. The Bertz CT molecular complexity index is 299. The third-order valence-corrected chi connectivity index (χ3v) is 3.85. The summed E-state index contributed by atoms with van der Waals surface area (Å²) >= 11 is 1.46. The SMILES string of the molecule is CC1CCC(C(=O)c2cncs2)CC1. The molecule has 1 aromatic heterocycles. The van der Waals surface area contributed by atoms with Gasteiger partial charge in [0.15, 0.2) is 5.78 Å². The molecule has 2 rings (SSSR count). The highest BCUT2D eigenvalue weighted by atomic mass is 32.1. The fraction of sp³-hybridized carbons (Fsp3) is 0.636. The third-order valence-electron chi connectivity index (χ3n) is 3.06. The van der Waals surface area contributed by atoms with E-state index in [1.807, 2.05) is 0 Å². The molecular weight excluding hydrogens is 194 g/mol. The largest absolute Gasteiger partial charge is 0.293 e. The zero-order valence-corrected chi connectivity index (χ0v) is 9.22. The van der Waals surface area contributed by atoms with Crippen molar-refractivity contribution in [3.63, 3.8) is 0 Å². The van der Waals surface area contributed by atoms with Crippen molar-refractivity contribution in [2.45, 2.75) is 32.6 Å². The zero-order chi connectivity index (χ0) is 9.97. The maximum Gasteiger partial charge on any atom is 0.177 e. The Hall–Kier alpha value is -0.700. The van der Waals surface area contributed by atoms with Crippen LogP contribution in [0.4, 0.5) is 0 Å². The van der Waals surface area contributed by atoms with E-state index in [0.29, 0.717) is 5.78 Å². The van der Waals surface area contributed by atoms with E-state index in [0.717, 1.165) is 23.6 Å². The molecule has 0 spiro atoms. The van der Waals surface area contributed by atoms with Crippen molar-refractivity contribution < 1.29 is 4.79 Å². The van der Waals surface area contributed by atoms with Crippen LogP contribution in [0.2, 0.25) is 0 Å². The topological polar surface area (TPSA) is 30.0 Å². The zero-order valence-electron chi connectivity index (χ0n) is 8.40. The smallest absolute Gasteiger partial charge is 0.177 e. The number of carbonyl (C=O) groups is 1. The number of hydrogen-bond donors (Lipinski definition) is 0. The molecule has 0 atom stereocenters. The van der Waals surface area contributed by atoms with E-state index < -0.39 is 0 Å². The number of nitrogens with zero attached hydrogens (tertiary/aromatic N) is 1. The number of thiazole rings is 1. The molecule has 14 heavy (non-hydrogen) atoms. The molecule has 1 aromatic rings. The minimum Gasteiger partial charge on any atom is -0.293 e. The van der Waals surface area contributed by atoms with Crippen molar-refractivity contribution in [1.29, 1.82) is 0 Å². The Morgan fingerprint density at radius 1 is 1.43 bits per heavy atom. The molecule has 0 aliphatic heterocycles. The Balaban J connectivity index is 1.99. The lowest BCUT2D eigenvalue weighted by Gasteiger charge is -2.24. The first-order chi connectivity index (χ1) is 6.77. The Kier molecular flexibility index (Phi) is 2.96. The molecule has 1 aliphatic carbocycles. The molecule has 1 heterocycles. The molecular formula is C11H15NOS. The normalized spacial score (nSPS) is 27.5. The molecule has 2 nitrogen and oxygen atoms in total. The average Bonchev–Trinajstić information content (AvgIpc) is 2.71. The van der Waals surface area contributed by atoms with Gasteiger partial charge in [0, 0.05) is 12.1 Å².